The van der Waals surface area contributed by atoms with Crippen LogP contribution < -0.4 is 4.72 Å². The lowest BCUT2D eigenvalue weighted by Crippen LogP contribution is -2.23. The van der Waals surface area contributed by atoms with E-state index >= 15 is 0 Å². The molecule has 0 saturated heterocycles. The highest BCUT2D eigenvalue weighted by Gasteiger charge is 2.23. The zero-order valence-electron chi connectivity index (χ0n) is 13.2. The Bertz CT molecular complexity index is 1110. The van der Waals surface area contributed by atoms with Crippen LogP contribution in [0.15, 0.2) is 45.2 Å². The van der Waals surface area contributed by atoms with Gasteiger partial charge in [0.05, 0.1) is 12.2 Å². The number of halogens is 3. The highest BCUT2D eigenvalue weighted by molar-refractivity contribution is 9.10. The average molecular weight is 478 g/mol. The normalized spacial score (nSPS) is 11.7. The first-order valence-corrected chi connectivity index (χ1v) is 10.3. The molecule has 1 aromatic carbocycles. The lowest BCUT2D eigenvalue weighted by Gasteiger charge is -2.05. The number of rotatable bonds is 6. The van der Waals surface area contributed by atoms with Gasteiger partial charge in [0.25, 0.3) is 10.0 Å². The zero-order valence-corrected chi connectivity index (χ0v) is 16.4. The molecule has 12 heteroatoms. The lowest BCUT2D eigenvalue weighted by molar-refractivity contribution is 0.0702. The van der Waals surface area contributed by atoms with E-state index < -0.39 is 27.6 Å². The summed E-state index contributed by atoms with van der Waals surface area (Å²) >= 11 is 3.62. The summed E-state index contributed by atoms with van der Waals surface area (Å²) in [5.41, 5.74) is -0.161. The molecule has 0 spiro atoms. The van der Waals surface area contributed by atoms with E-state index in [0.717, 1.165) is 16.8 Å². The van der Waals surface area contributed by atoms with Crippen LogP contribution in [0.4, 0.5) is 8.78 Å². The summed E-state index contributed by atoms with van der Waals surface area (Å²) in [6, 6.07) is 5.97. The molecule has 27 heavy (non-hydrogen) atoms. The number of hydrogen-bond donors (Lipinski definition) is 2. The molecule has 7 nitrogen and oxygen atoms in total. The van der Waals surface area contributed by atoms with Gasteiger partial charge in [0.15, 0.2) is 11.6 Å². The number of sulfonamides is 1. The number of nitrogens with zero attached hydrogens (tertiary/aromatic N) is 2. The molecule has 0 radical (unpaired) electrons. The largest absolute Gasteiger partial charge is 0.477 e. The number of para-hydroxylation sites is 1. The molecule has 0 aliphatic rings. The molecule has 0 aliphatic heterocycles. The van der Waals surface area contributed by atoms with E-state index in [1.165, 1.54) is 24.4 Å². The van der Waals surface area contributed by atoms with E-state index in [0.29, 0.717) is 11.3 Å². The Morgan fingerprint density at radius 1 is 1.30 bits per heavy atom. The van der Waals surface area contributed by atoms with E-state index in [4.69, 9.17) is 5.11 Å². The van der Waals surface area contributed by atoms with Crippen LogP contribution in [0.1, 0.15) is 15.4 Å². The fourth-order valence-corrected chi connectivity index (χ4v) is 5.72. The van der Waals surface area contributed by atoms with Crippen LogP contribution in [0.3, 0.4) is 0 Å². The monoisotopic (exact) mass is 477 g/mol. The molecule has 0 bridgehead atoms. The van der Waals surface area contributed by atoms with Crippen molar-refractivity contribution in [1.82, 2.24) is 14.5 Å². The molecule has 0 saturated carbocycles. The highest BCUT2D eigenvalue weighted by atomic mass is 79.9. The van der Waals surface area contributed by atoms with E-state index in [1.54, 1.807) is 0 Å². The summed E-state index contributed by atoms with van der Waals surface area (Å²) in [5, 5.41) is 12.9. The third-order valence-corrected chi connectivity index (χ3v) is 7.57. The summed E-state index contributed by atoms with van der Waals surface area (Å²) in [6.45, 7) is -0.252. The van der Waals surface area contributed by atoms with Crippen LogP contribution in [0.5, 0.6) is 0 Å². The number of thiophene rings is 1. The van der Waals surface area contributed by atoms with Crippen molar-refractivity contribution in [3.05, 3.63) is 63.2 Å². The molecule has 3 rings (SSSR count). The second kappa shape index (κ2) is 7.46. The summed E-state index contributed by atoms with van der Waals surface area (Å²) < 4.78 is 55.5. The van der Waals surface area contributed by atoms with Gasteiger partial charge in [0, 0.05) is 10.7 Å². The predicted octanol–water partition coefficient (Wildman–Crippen LogP) is 3.15. The number of carboxylic acids is 1. The molecular weight excluding hydrogens is 468 g/mol. The van der Waals surface area contributed by atoms with Gasteiger partial charge >= 0.3 is 5.97 Å². The van der Waals surface area contributed by atoms with Crippen molar-refractivity contribution in [3.8, 4) is 5.69 Å². The highest BCUT2D eigenvalue weighted by Crippen LogP contribution is 2.31. The molecule has 0 amide bonds. The van der Waals surface area contributed by atoms with Crippen molar-refractivity contribution in [1.29, 1.82) is 0 Å². The van der Waals surface area contributed by atoms with Crippen molar-refractivity contribution in [2.45, 2.75) is 10.8 Å². The van der Waals surface area contributed by atoms with Gasteiger partial charge in [-0.15, -0.1) is 11.3 Å². The Morgan fingerprint density at radius 3 is 2.56 bits per heavy atom. The molecule has 0 aliphatic carbocycles. The summed E-state index contributed by atoms with van der Waals surface area (Å²) in [4.78, 5) is 10.8. The van der Waals surface area contributed by atoms with Crippen LogP contribution in [0.2, 0.25) is 0 Å². The molecule has 2 N–H and O–H groups in total. The Balaban J connectivity index is 1.80. The number of aromatic nitrogens is 2. The van der Waals surface area contributed by atoms with E-state index in [-0.39, 0.29) is 31.5 Å². The van der Waals surface area contributed by atoms with Crippen molar-refractivity contribution < 1.29 is 27.1 Å². The van der Waals surface area contributed by atoms with Gasteiger partial charge in [-0.3, -0.25) is 0 Å². The van der Waals surface area contributed by atoms with Crippen LogP contribution >= 0.6 is 27.3 Å². The molecule has 0 fully saturated rings. The van der Waals surface area contributed by atoms with E-state index in [9.17, 15) is 22.0 Å². The number of carbonyl (C=O) groups is 1. The maximum atomic E-state index is 13.8. The summed E-state index contributed by atoms with van der Waals surface area (Å²) in [7, 11) is -4.01. The SMILES string of the molecule is O=C(O)c1cc(Br)c(S(=O)(=O)NCc2ccn(-c3c(F)cccc3F)n2)s1. The van der Waals surface area contributed by atoms with Crippen molar-refractivity contribution in [2.24, 2.45) is 0 Å². The first-order valence-electron chi connectivity index (χ1n) is 7.20. The number of aromatic carboxylic acids is 1. The van der Waals surface area contributed by atoms with Crippen molar-refractivity contribution >= 4 is 43.3 Å². The van der Waals surface area contributed by atoms with Crippen LogP contribution in [-0.4, -0.2) is 29.3 Å². The minimum Gasteiger partial charge on any atom is -0.477 e. The number of carboxylic acid groups (broad SMARTS) is 1. The maximum Gasteiger partial charge on any atom is 0.345 e. The molecule has 142 valence electrons. The molecule has 0 unspecified atom stereocenters. The fourth-order valence-electron chi connectivity index (χ4n) is 2.16. The summed E-state index contributed by atoms with van der Waals surface area (Å²) in [6.07, 6.45) is 1.30. The number of hydrogen-bond acceptors (Lipinski definition) is 5. The molecule has 3 aromatic rings. The van der Waals surface area contributed by atoms with Crippen molar-refractivity contribution in [3.63, 3.8) is 0 Å². The fraction of sp³-hybridized carbons (Fsp3) is 0.0667. The minimum atomic E-state index is -4.01. The van der Waals surface area contributed by atoms with E-state index in [1.807, 2.05) is 0 Å². The van der Waals surface area contributed by atoms with Gasteiger partial charge in [-0.05, 0) is 40.2 Å². The molecule has 2 aromatic heterocycles. The van der Waals surface area contributed by atoms with Crippen LogP contribution in [0.25, 0.3) is 5.69 Å². The standard InChI is InChI=1S/C15H10BrF2N3O4S2/c16-9-6-12(14(22)23)26-15(9)27(24,25)19-7-8-4-5-21(20-8)13-10(17)2-1-3-11(13)18/h1-6,19H,7H2,(H,22,23). The second-order valence-electron chi connectivity index (χ2n) is 5.20. The maximum absolute atomic E-state index is 13.8. The first-order chi connectivity index (χ1) is 12.7. The number of benzene rings is 1. The van der Waals surface area contributed by atoms with Gasteiger partial charge in [-0.25, -0.2) is 31.4 Å². The first kappa shape index (κ1) is 19.6. The van der Waals surface area contributed by atoms with Gasteiger partial charge in [0.2, 0.25) is 0 Å². The Hall–Kier alpha value is -2.15. The lowest BCUT2D eigenvalue weighted by atomic mass is 10.3. The smallest absolute Gasteiger partial charge is 0.345 e. The van der Waals surface area contributed by atoms with E-state index in [2.05, 4.69) is 25.8 Å². The third-order valence-electron chi connectivity index (χ3n) is 3.36. The van der Waals surface area contributed by atoms with Gasteiger partial charge in [-0.2, -0.15) is 5.10 Å². The van der Waals surface area contributed by atoms with Gasteiger partial charge in [-0.1, -0.05) is 6.07 Å². The third kappa shape index (κ3) is 4.08. The molecular formula is C15H10BrF2N3O4S2. The Kier molecular flexibility index (Phi) is 5.42. The summed E-state index contributed by atoms with van der Waals surface area (Å²) in [5.74, 6) is -2.87. The Labute approximate surface area is 164 Å². The topological polar surface area (TPSA) is 101 Å². The van der Waals surface area contributed by atoms with Gasteiger partial charge < -0.3 is 5.11 Å². The zero-order chi connectivity index (χ0) is 19.8. The second-order valence-corrected chi connectivity index (χ2v) is 9.07. The number of nitrogens with one attached hydrogen (secondary N) is 1. The quantitative estimate of drug-likeness (QED) is 0.567. The van der Waals surface area contributed by atoms with Crippen LogP contribution in [0, 0.1) is 11.6 Å². The van der Waals surface area contributed by atoms with Gasteiger partial charge in [0.1, 0.15) is 14.8 Å². The average Bonchev–Trinajstić information content (AvgIpc) is 3.20. The molecule has 0 atom stereocenters. The van der Waals surface area contributed by atoms with Crippen LogP contribution in [-0.2, 0) is 16.6 Å². The Morgan fingerprint density at radius 2 is 1.96 bits per heavy atom. The van der Waals surface area contributed by atoms with Crippen molar-refractivity contribution in [2.75, 3.05) is 0 Å². The molecule has 2 heterocycles. The minimum absolute atomic E-state index is 0.122. The predicted molar refractivity (Wildman–Crippen MR) is 96.5 cm³/mol.